The molecule has 0 saturated heterocycles. The van der Waals surface area contributed by atoms with E-state index in [0.29, 0.717) is 29.4 Å². The maximum absolute atomic E-state index is 12.3. The summed E-state index contributed by atoms with van der Waals surface area (Å²) in [5, 5.41) is 2.85. The molecule has 0 saturated carbocycles. The number of hydrogen-bond donors (Lipinski definition) is 1. The van der Waals surface area contributed by atoms with Gasteiger partial charge in [-0.05, 0) is 41.3 Å². The molecule has 1 amide bonds. The SMILES string of the molecule is COC(=O)CCc1ccc(/C=C/C(=O)Nc2cc(C(C)(C)C)ccc2OC)o1. The van der Waals surface area contributed by atoms with Crippen LogP contribution in [0.4, 0.5) is 5.69 Å². The van der Waals surface area contributed by atoms with Gasteiger partial charge in [0.05, 0.1) is 26.3 Å². The summed E-state index contributed by atoms with van der Waals surface area (Å²) in [6, 6.07) is 9.28. The monoisotopic (exact) mass is 385 g/mol. The van der Waals surface area contributed by atoms with Gasteiger partial charge in [-0.2, -0.15) is 0 Å². The first-order valence-electron chi connectivity index (χ1n) is 9.06. The molecule has 0 aliphatic rings. The largest absolute Gasteiger partial charge is 0.495 e. The Labute approximate surface area is 165 Å². The molecule has 0 atom stereocenters. The number of aryl methyl sites for hydroxylation is 1. The number of rotatable bonds is 7. The third-order valence-electron chi connectivity index (χ3n) is 4.21. The Morgan fingerprint density at radius 3 is 2.54 bits per heavy atom. The summed E-state index contributed by atoms with van der Waals surface area (Å²) in [7, 11) is 2.92. The Morgan fingerprint density at radius 2 is 1.89 bits per heavy atom. The zero-order chi connectivity index (χ0) is 20.7. The standard InChI is InChI=1S/C22H27NO5/c1-22(2,3)15-6-11-19(26-4)18(14-15)23-20(24)12-9-16-7-8-17(28-16)10-13-21(25)27-5/h6-9,11-12,14H,10,13H2,1-5H3,(H,23,24)/b12-9+. The average molecular weight is 385 g/mol. The van der Waals surface area contributed by atoms with Gasteiger partial charge in [0, 0.05) is 12.5 Å². The molecule has 0 aliphatic heterocycles. The van der Waals surface area contributed by atoms with Crippen LogP contribution in [0.1, 0.15) is 44.3 Å². The van der Waals surface area contributed by atoms with Gasteiger partial charge < -0.3 is 19.2 Å². The lowest BCUT2D eigenvalue weighted by Gasteiger charge is -2.21. The highest BCUT2D eigenvalue weighted by molar-refractivity contribution is 6.02. The average Bonchev–Trinajstić information content (AvgIpc) is 3.11. The second-order valence-electron chi connectivity index (χ2n) is 7.37. The molecule has 0 bridgehead atoms. The first-order chi connectivity index (χ1) is 13.2. The number of anilines is 1. The molecule has 0 radical (unpaired) electrons. The summed E-state index contributed by atoms with van der Waals surface area (Å²) in [6.45, 7) is 6.32. The number of esters is 1. The maximum atomic E-state index is 12.3. The summed E-state index contributed by atoms with van der Waals surface area (Å²) < 4.78 is 15.5. The molecule has 6 nitrogen and oxygen atoms in total. The number of furan rings is 1. The fraction of sp³-hybridized carbons (Fsp3) is 0.364. The molecule has 1 aromatic carbocycles. The molecule has 2 rings (SSSR count). The maximum Gasteiger partial charge on any atom is 0.305 e. The van der Waals surface area contributed by atoms with Gasteiger partial charge in [-0.25, -0.2) is 0 Å². The van der Waals surface area contributed by atoms with E-state index < -0.39 is 0 Å². The molecule has 0 aliphatic carbocycles. The predicted octanol–water partition coefficient (Wildman–Crippen LogP) is 4.34. The van der Waals surface area contributed by atoms with E-state index in [1.807, 2.05) is 18.2 Å². The Morgan fingerprint density at radius 1 is 1.14 bits per heavy atom. The number of methoxy groups -OCH3 is 2. The predicted molar refractivity (Wildman–Crippen MR) is 108 cm³/mol. The highest BCUT2D eigenvalue weighted by Gasteiger charge is 2.16. The second kappa shape index (κ2) is 9.26. The highest BCUT2D eigenvalue weighted by Crippen LogP contribution is 2.31. The van der Waals surface area contributed by atoms with Crippen LogP contribution >= 0.6 is 0 Å². The van der Waals surface area contributed by atoms with Gasteiger partial charge in [0.2, 0.25) is 5.91 Å². The number of benzene rings is 1. The van der Waals surface area contributed by atoms with Crippen LogP contribution in [0.3, 0.4) is 0 Å². The minimum Gasteiger partial charge on any atom is -0.495 e. The Balaban J connectivity index is 2.04. The molecule has 6 heteroatoms. The van der Waals surface area contributed by atoms with Crippen LogP contribution in [0.5, 0.6) is 5.75 Å². The molecular formula is C22H27NO5. The summed E-state index contributed by atoms with van der Waals surface area (Å²) in [5.41, 5.74) is 1.66. The molecular weight excluding hydrogens is 358 g/mol. The van der Waals surface area contributed by atoms with E-state index in [1.165, 1.54) is 13.2 Å². The van der Waals surface area contributed by atoms with Crippen LogP contribution < -0.4 is 10.1 Å². The van der Waals surface area contributed by atoms with Crippen molar-refractivity contribution in [2.45, 2.75) is 39.0 Å². The summed E-state index contributed by atoms with van der Waals surface area (Å²) >= 11 is 0. The summed E-state index contributed by atoms with van der Waals surface area (Å²) in [5.74, 6) is 1.20. The van der Waals surface area contributed by atoms with Gasteiger partial charge in [-0.15, -0.1) is 0 Å². The van der Waals surface area contributed by atoms with Crippen molar-refractivity contribution in [2.75, 3.05) is 19.5 Å². The van der Waals surface area contributed by atoms with E-state index in [0.717, 1.165) is 5.56 Å². The van der Waals surface area contributed by atoms with Crippen molar-refractivity contribution >= 4 is 23.6 Å². The van der Waals surface area contributed by atoms with E-state index >= 15 is 0 Å². The molecule has 0 unspecified atom stereocenters. The first-order valence-corrected chi connectivity index (χ1v) is 9.06. The summed E-state index contributed by atoms with van der Waals surface area (Å²) in [6.07, 6.45) is 3.67. The van der Waals surface area contributed by atoms with Crippen molar-refractivity contribution < 1.29 is 23.5 Å². The molecule has 2 aromatic rings. The van der Waals surface area contributed by atoms with Crippen LogP contribution in [0.25, 0.3) is 6.08 Å². The number of amides is 1. The lowest BCUT2D eigenvalue weighted by molar-refractivity contribution is -0.140. The lowest BCUT2D eigenvalue weighted by Crippen LogP contribution is -2.14. The van der Waals surface area contributed by atoms with Crippen molar-refractivity contribution in [2.24, 2.45) is 0 Å². The van der Waals surface area contributed by atoms with Gasteiger partial charge in [-0.3, -0.25) is 9.59 Å². The zero-order valence-electron chi connectivity index (χ0n) is 17.0. The second-order valence-corrected chi connectivity index (χ2v) is 7.37. The fourth-order valence-electron chi connectivity index (χ4n) is 2.55. The molecule has 0 fully saturated rings. The van der Waals surface area contributed by atoms with Crippen molar-refractivity contribution in [1.82, 2.24) is 0 Å². The van der Waals surface area contributed by atoms with E-state index in [1.54, 1.807) is 25.3 Å². The smallest absolute Gasteiger partial charge is 0.305 e. The zero-order valence-corrected chi connectivity index (χ0v) is 17.0. The van der Waals surface area contributed by atoms with E-state index in [9.17, 15) is 9.59 Å². The Bertz CT molecular complexity index is 858. The third-order valence-corrected chi connectivity index (χ3v) is 4.21. The van der Waals surface area contributed by atoms with Gasteiger partial charge in [0.25, 0.3) is 0 Å². The number of carbonyl (C=O) groups excluding carboxylic acids is 2. The van der Waals surface area contributed by atoms with Crippen LogP contribution in [-0.4, -0.2) is 26.1 Å². The molecule has 150 valence electrons. The highest BCUT2D eigenvalue weighted by atomic mass is 16.5. The fourth-order valence-corrected chi connectivity index (χ4v) is 2.55. The van der Waals surface area contributed by atoms with Crippen LogP contribution in [0.15, 0.2) is 40.8 Å². The van der Waals surface area contributed by atoms with Gasteiger partial charge in [0.1, 0.15) is 17.3 Å². The first kappa shape index (κ1) is 21.3. The topological polar surface area (TPSA) is 77.8 Å². The molecule has 0 spiro atoms. The minimum atomic E-state index is -0.295. The van der Waals surface area contributed by atoms with Crippen molar-refractivity contribution in [1.29, 1.82) is 0 Å². The summed E-state index contributed by atoms with van der Waals surface area (Å²) in [4.78, 5) is 23.5. The number of carbonyl (C=O) groups is 2. The van der Waals surface area contributed by atoms with E-state index in [2.05, 4.69) is 30.8 Å². The van der Waals surface area contributed by atoms with Crippen molar-refractivity contribution in [3.8, 4) is 5.75 Å². The Hall–Kier alpha value is -3.02. The number of nitrogens with one attached hydrogen (secondary N) is 1. The third kappa shape index (κ3) is 6.01. The van der Waals surface area contributed by atoms with Gasteiger partial charge in [-0.1, -0.05) is 26.8 Å². The van der Waals surface area contributed by atoms with Crippen molar-refractivity contribution in [3.05, 3.63) is 53.5 Å². The van der Waals surface area contributed by atoms with Crippen LogP contribution in [-0.2, 0) is 26.2 Å². The quantitative estimate of drug-likeness (QED) is 0.566. The lowest BCUT2D eigenvalue weighted by atomic mass is 9.87. The molecule has 1 N–H and O–H groups in total. The number of ether oxygens (including phenoxy) is 2. The molecule has 1 heterocycles. The van der Waals surface area contributed by atoms with Gasteiger partial charge in [0.15, 0.2) is 0 Å². The molecule has 1 aromatic heterocycles. The van der Waals surface area contributed by atoms with Gasteiger partial charge >= 0.3 is 5.97 Å². The minimum absolute atomic E-state index is 0.0453. The van der Waals surface area contributed by atoms with Crippen LogP contribution in [0, 0.1) is 0 Å². The van der Waals surface area contributed by atoms with E-state index in [4.69, 9.17) is 9.15 Å². The normalized spacial score (nSPS) is 11.5. The molecule has 28 heavy (non-hydrogen) atoms. The Kier molecular flexibility index (Phi) is 7.04. The van der Waals surface area contributed by atoms with E-state index in [-0.39, 0.29) is 23.7 Å². The number of hydrogen-bond acceptors (Lipinski definition) is 5. The van der Waals surface area contributed by atoms with Crippen molar-refractivity contribution in [3.63, 3.8) is 0 Å². The van der Waals surface area contributed by atoms with Crippen LogP contribution in [0.2, 0.25) is 0 Å².